The van der Waals surface area contributed by atoms with Crippen molar-refractivity contribution in [2.45, 2.75) is 13.3 Å². The molecule has 24 heavy (non-hydrogen) atoms. The predicted octanol–water partition coefficient (Wildman–Crippen LogP) is 4.98. The average Bonchev–Trinajstić information content (AvgIpc) is 2.59. The van der Waals surface area contributed by atoms with Gasteiger partial charge in [0, 0.05) is 5.56 Å². The smallest absolute Gasteiger partial charge is 0.256 e. The summed E-state index contributed by atoms with van der Waals surface area (Å²) in [4.78, 5) is 12.6. The molecule has 3 rings (SSSR count). The summed E-state index contributed by atoms with van der Waals surface area (Å²) in [5.41, 5.74) is 3.60. The molecule has 0 aliphatic heterocycles. The Balaban J connectivity index is 1.85. The first-order valence-electron chi connectivity index (χ1n) is 7.83. The number of anilines is 1. The summed E-state index contributed by atoms with van der Waals surface area (Å²) in [6, 6.07) is 22.1. The first kappa shape index (κ1) is 15.9. The largest absolute Gasteiger partial charge is 0.319 e. The summed E-state index contributed by atoms with van der Waals surface area (Å²) in [6.45, 7) is 1.81. The third-order valence-electron chi connectivity index (χ3n) is 3.87. The van der Waals surface area contributed by atoms with Gasteiger partial charge in [0.2, 0.25) is 0 Å². The zero-order valence-electron chi connectivity index (χ0n) is 13.4. The van der Waals surface area contributed by atoms with E-state index in [2.05, 4.69) is 5.32 Å². The highest BCUT2D eigenvalue weighted by Gasteiger charge is 2.13. The van der Waals surface area contributed by atoms with Crippen LogP contribution in [0.1, 0.15) is 27.0 Å². The predicted molar refractivity (Wildman–Crippen MR) is 94.8 cm³/mol. The lowest BCUT2D eigenvalue weighted by atomic mass is 9.99. The van der Waals surface area contributed by atoms with Gasteiger partial charge < -0.3 is 5.32 Å². The molecule has 0 spiro atoms. The third kappa shape index (κ3) is 3.69. The Hall–Kier alpha value is -2.94. The topological polar surface area (TPSA) is 29.1 Å². The Morgan fingerprint density at radius 3 is 2.42 bits per heavy atom. The molecular formula is C21H18FNO. The van der Waals surface area contributed by atoms with Gasteiger partial charge >= 0.3 is 0 Å². The van der Waals surface area contributed by atoms with Crippen LogP contribution in [-0.2, 0) is 6.42 Å². The highest BCUT2D eigenvalue weighted by Crippen LogP contribution is 2.19. The molecule has 120 valence electrons. The fourth-order valence-corrected chi connectivity index (χ4v) is 2.62. The van der Waals surface area contributed by atoms with Crippen molar-refractivity contribution in [3.63, 3.8) is 0 Å². The molecule has 0 unspecified atom stereocenters. The van der Waals surface area contributed by atoms with Gasteiger partial charge in [0.25, 0.3) is 5.91 Å². The summed E-state index contributed by atoms with van der Waals surface area (Å²) in [5.74, 6) is -0.729. The van der Waals surface area contributed by atoms with E-state index in [1.165, 1.54) is 6.07 Å². The quantitative estimate of drug-likeness (QED) is 0.722. The second-order valence-corrected chi connectivity index (χ2v) is 5.76. The fraction of sp³-hybridized carbons (Fsp3) is 0.0952. The number of hydrogen-bond donors (Lipinski definition) is 1. The maximum Gasteiger partial charge on any atom is 0.256 e. The second kappa shape index (κ2) is 7.09. The van der Waals surface area contributed by atoms with Crippen LogP contribution in [0.4, 0.5) is 10.1 Å². The molecule has 3 aromatic rings. The van der Waals surface area contributed by atoms with Crippen LogP contribution in [0.2, 0.25) is 0 Å². The molecule has 3 heteroatoms. The van der Waals surface area contributed by atoms with Crippen molar-refractivity contribution < 1.29 is 9.18 Å². The highest BCUT2D eigenvalue weighted by atomic mass is 19.1. The average molecular weight is 319 g/mol. The van der Waals surface area contributed by atoms with Gasteiger partial charge in [-0.25, -0.2) is 4.39 Å². The summed E-state index contributed by atoms with van der Waals surface area (Å²) in [5, 5.41) is 2.67. The molecule has 0 saturated heterocycles. The van der Waals surface area contributed by atoms with Crippen molar-refractivity contribution in [1.29, 1.82) is 0 Å². The van der Waals surface area contributed by atoms with Gasteiger partial charge in [-0.15, -0.1) is 0 Å². The minimum absolute atomic E-state index is 0.195. The van der Waals surface area contributed by atoms with Gasteiger partial charge in [0.15, 0.2) is 0 Å². The lowest BCUT2D eigenvalue weighted by Gasteiger charge is -2.11. The Labute approximate surface area is 141 Å². The Bertz CT molecular complexity index is 859. The van der Waals surface area contributed by atoms with E-state index >= 15 is 0 Å². The first-order valence-corrected chi connectivity index (χ1v) is 7.83. The number of halogens is 1. The van der Waals surface area contributed by atoms with E-state index in [0.717, 1.165) is 16.7 Å². The van der Waals surface area contributed by atoms with Gasteiger partial charge in [-0.2, -0.15) is 0 Å². The zero-order valence-corrected chi connectivity index (χ0v) is 13.4. The monoisotopic (exact) mass is 319 g/mol. The normalized spacial score (nSPS) is 10.4. The van der Waals surface area contributed by atoms with Crippen molar-refractivity contribution in [3.05, 3.63) is 101 Å². The number of hydrogen-bond acceptors (Lipinski definition) is 1. The first-order chi connectivity index (χ1) is 11.6. The summed E-state index contributed by atoms with van der Waals surface area (Å²) >= 11 is 0. The number of nitrogens with one attached hydrogen (secondary N) is 1. The Morgan fingerprint density at radius 2 is 1.67 bits per heavy atom. The Morgan fingerprint density at radius 1 is 0.958 bits per heavy atom. The van der Waals surface area contributed by atoms with E-state index in [-0.39, 0.29) is 11.6 Å². The van der Waals surface area contributed by atoms with Crippen LogP contribution >= 0.6 is 0 Å². The Kier molecular flexibility index (Phi) is 4.71. The van der Waals surface area contributed by atoms with Gasteiger partial charge in [-0.3, -0.25) is 4.79 Å². The summed E-state index contributed by atoms with van der Waals surface area (Å²) < 4.78 is 14.0. The third-order valence-corrected chi connectivity index (χ3v) is 3.87. The van der Waals surface area contributed by atoms with Crippen LogP contribution in [0.15, 0.2) is 72.8 Å². The molecule has 0 aliphatic rings. The number of amides is 1. The fourth-order valence-electron chi connectivity index (χ4n) is 2.62. The molecule has 0 fully saturated rings. The summed E-state index contributed by atoms with van der Waals surface area (Å²) in [6.07, 6.45) is 0.654. The molecule has 0 bridgehead atoms. The summed E-state index contributed by atoms with van der Waals surface area (Å²) in [7, 11) is 0. The SMILES string of the molecule is Cc1ccc(NC(=O)c2ccccc2Cc2ccccc2)c(F)c1. The van der Waals surface area contributed by atoms with Crippen molar-refractivity contribution >= 4 is 11.6 Å². The van der Waals surface area contributed by atoms with Crippen LogP contribution < -0.4 is 5.32 Å². The molecule has 0 saturated carbocycles. The highest BCUT2D eigenvalue weighted by molar-refractivity contribution is 6.05. The minimum atomic E-state index is -0.427. The van der Waals surface area contributed by atoms with Gasteiger partial charge in [0.1, 0.15) is 5.82 Å². The van der Waals surface area contributed by atoms with Crippen LogP contribution in [0.25, 0.3) is 0 Å². The second-order valence-electron chi connectivity index (χ2n) is 5.76. The van der Waals surface area contributed by atoms with Crippen LogP contribution in [0, 0.1) is 12.7 Å². The van der Waals surface area contributed by atoms with E-state index in [1.54, 1.807) is 18.2 Å². The molecule has 3 aromatic carbocycles. The molecule has 0 radical (unpaired) electrons. The molecule has 1 amide bonds. The van der Waals surface area contributed by atoms with Crippen LogP contribution in [0.3, 0.4) is 0 Å². The number of carbonyl (C=O) groups excluding carboxylic acids is 1. The van der Waals surface area contributed by atoms with Crippen molar-refractivity contribution in [2.75, 3.05) is 5.32 Å². The molecule has 0 atom stereocenters. The van der Waals surface area contributed by atoms with Crippen molar-refractivity contribution in [3.8, 4) is 0 Å². The van der Waals surface area contributed by atoms with E-state index in [0.29, 0.717) is 12.0 Å². The molecular weight excluding hydrogens is 301 g/mol. The number of carbonyl (C=O) groups is 1. The van der Waals surface area contributed by atoms with E-state index in [4.69, 9.17) is 0 Å². The van der Waals surface area contributed by atoms with Gasteiger partial charge in [0.05, 0.1) is 5.69 Å². The van der Waals surface area contributed by atoms with E-state index < -0.39 is 5.82 Å². The van der Waals surface area contributed by atoms with E-state index in [1.807, 2.05) is 55.5 Å². The molecule has 1 N–H and O–H groups in total. The van der Waals surface area contributed by atoms with Crippen LogP contribution in [0.5, 0.6) is 0 Å². The lowest BCUT2D eigenvalue weighted by molar-refractivity contribution is 0.102. The lowest BCUT2D eigenvalue weighted by Crippen LogP contribution is -2.15. The molecule has 0 heterocycles. The number of benzene rings is 3. The zero-order chi connectivity index (χ0) is 16.9. The van der Waals surface area contributed by atoms with Crippen molar-refractivity contribution in [2.24, 2.45) is 0 Å². The van der Waals surface area contributed by atoms with Crippen molar-refractivity contribution in [1.82, 2.24) is 0 Å². The number of rotatable bonds is 4. The maximum atomic E-state index is 14.0. The standard InChI is InChI=1S/C21H18FNO/c1-15-11-12-20(19(22)13-15)23-21(24)18-10-6-5-9-17(18)14-16-7-3-2-4-8-16/h2-13H,14H2,1H3,(H,23,24). The van der Waals surface area contributed by atoms with Gasteiger partial charge in [-0.1, -0.05) is 54.6 Å². The van der Waals surface area contributed by atoms with E-state index in [9.17, 15) is 9.18 Å². The van der Waals surface area contributed by atoms with Crippen LogP contribution in [-0.4, -0.2) is 5.91 Å². The minimum Gasteiger partial charge on any atom is -0.319 e. The molecule has 0 aromatic heterocycles. The molecule has 2 nitrogen and oxygen atoms in total. The maximum absolute atomic E-state index is 14.0. The van der Waals surface area contributed by atoms with Gasteiger partial charge in [-0.05, 0) is 48.2 Å². The molecule has 0 aliphatic carbocycles. The number of aryl methyl sites for hydroxylation is 1.